The van der Waals surface area contributed by atoms with Crippen molar-refractivity contribution >= 4 is 0 Å². The molecule has 2 aromatic carbocycles. The van der Waals surface area contributed by atoms with E-state index in [1.165, 1.54) is 0 Å². The maximum Gasteiger partial charge on any atom is 0.203 e. The van der Waals surface area contributed by atoms with E-state index in [-0.39, 0.29) is 0 Å². The average molecular weight is 310 g/mol. The number of ether oxygens (including phenoxy) is 3. The van der Waals surface area contributed by atoms with E-state index in [1.54, 1.807) is 21.3 Å². The SMILES string of the molecule is COc1cc(-c2cc(-c3ccccc3)[nH]n2)cc(OC)c1OC. The van der Waals surface area contributed by atoms with Crippen molar-refractivity contribution in [1.82, 2.24) is 10.2 Å². The standard InChI is InChI=1S/C18H18N2O3/c1-21-16-9-13(10-17(22-2)18(16)23-3)15-11-14(19-20-15)12-7-5-4-6-8-12/h4-11H,1-3H3,(H,19,20). The minimum Gasteiger partial charge on any atom is -0.493 e. The normalized spacial score (nSPS) is 10.4. The zero-order chi connectivity index (χ0) is 16.2. The van der Waals surface area contributed by atoms with Crippen LogP contribution in [0.15, 0.2) is 48.5 Å². The highest BCUT2D eigenvalue weighted by molar-refractivity contribution is 5.72. The molecule has 0 saturated heterocycles. The van der Waals surface area contributed by atoms with Crippen LogP contribution in [-0.4, -0.2) is 31.5 Å². The van der Waals surface area contributed by atoms with Crippen LogP contribution < -0.4 is 14.2 Å². The molecule has 5 heteroatoms. The third-order valence-electron chi connectivity index (χ3n) is 3.62. The van der Waals surface area contributed by atoms with Crippen LogP contribution in [0.2, 0.25) is 0 Å². The van der Waals surface area contributed by atoms with Crippen LogP contribution in [0.4, 0.5) is 0 Å². The highest BCUT2D eigenvalue weighted by atomic mass is 16.5. The van der Waals surface area contributed by atoms with Gasteiger partial charge in [0.25, 0.3) is 0 Å². The van der Waals surface area contributed by atoms with Crippen molar-refractivity contribution in [3.63, 3.8) is 0 Å². The summed E-state index contributed by atoms with van der Waals surface area (Å²) in [5.41, 5.74) is 3.73. The Labute approximate surface area is 134 Å². The Hall–Kier alpha value is -2.95. The molecule has 0 bridgehead atoms. The summed E-state index contributed by atoms with van der Waals surface area (Å²) in [6.07, 6.45) is 0. The van der Waals surface area contributed by atoms with E-state index in [9.17, 15) is 0 Å². The van der Waals surface area contributed by atoms with Gasteiger partial charge in [-0.25, -0.2) is 0 Å². The van der Waals surface area contributed by atoms with Crippen LogP contribution in [-0.2, 0) is 0 Å². The predicted octanol–water partition coefficient (Wildman–Crippen LogP) is 3.77. The minimum atomic E-state index is 0.567. The Bertz CT molecular complexity index is 772. The molecule has 118 valence electrons. The van der Waals surface area contributed by atoms with Crippen LogP contribution in [0.5, 0.6) is 17.2 Å². The molecule has 1 heterocycles. The molecule has 1 aromatic heterocycles. The number of hydrogen-bond donors (Lipinski definition) is 1. The number of benzene rings is 2. The first-order chi connectivity index (χ1) is 11.3. The lowest BCUT2D eigenvalue weighted by atomic mass is 10.1. The number of rotatable bonds is 5. The minimum absolute atomic E-state index is 0.567. The topological polar surface area (TPSA) is 56.4 Å². The Morgan fingerprint density at radius 2 is 1.43 bits per heavy atom. The molecule has 0 fully saturated rings. The fourth-order valence-electron chi connectivity index (χ4n) is 2.46. The first kappa shape index (κ1) is 15.0. The van der Waals surface area contributed by atoms with Crippen molar-refractivity contribution < 1.29 is 14.2 Å². The van der Waals surface area contributed by atoms with Gasteiger partial charge in [-0.15, -0.1) is 0 Å². The molecule has 0 amide bonds. The molecule has 0 aliphatic carbocycles. The molecular formula is C18H18N2O3. The summed E-state index contributed by atoms with van der Waals surface area (Å²) >= 11 is 0. The number of aromatic amines is 1. The highest BCUT2D eigenvalue weighted by Crippen LogP contribution is 2.41. The molecule has 3 rings (SSSR count). The largest absolute Gasteiger partial charge is 0.493 e. The van der Waals surface area contributed by atoms with E-state index in [2.05, 4.69) is 10.2 Å². The van der Waals surface area contributed by atoms with Crippen LogP contribution in [0, 0.1) is 0 Å². The van der Waals surface area contributed by atoms with Crippen molar-refractivity contribution in [2.75, 3.05) is 21.3 Å². The van der Waals surface area contributed by atoms with Gasteiger partial charge in [0.1, 0.15) is 0 Å². The van der Waals surface area contributed by atoms with Crippen molar-refractivity contribution in [1.29, 1.82) is 0 Å². The summed E-state index contributed by atoms with van der Waals surface area (Å²) < 4.78 is 16.1. The molecular weight excluding hydrogens is 292 g/mol. The van der Waals surface area contributed by atoms with Gasteiger partial charge in [-0.3, -0.25) is 5.10 Å². The number of hydrogen-bond acceptors (Lipinski definition) is 4. The molecule has 0 saturated carbocycles. The van der Waals surface area contributed by atoms with Gasteiger partial charge in [-0.2, -0.15) is 5.10 Å². The fourth-order valence-corrected chi connectivity index (χ4v) is 2.46. The molecule has 0 aliphatic rings. The summed E-state index contributed by atoms with van der Waals surface area (Å²) in [4.78, 5) is 0. The van der Waals surface area contributed by atoms with Gasteiger partial charge in [-0.1, -0.05) is 30.3 Å². The van der Waals surface area contributed by atoms with Crippen molar-refractivity contribution in [2.45, 2.75) is 0 Å². The van der Waals surface area contributed by atoms with Gasteiger partial charge in [0.2, 0.25) is 5.75 Å². The van der Waals surface area contributed by atoms with Crippen molar-refractivity contribution in [3.05, 3.63) is 48.5 Å². The van der Waals surface area contributed by atoms with E-state index < -0.39 is 0 Å². The molecule has 3 aromatic rings. The lowest BCUT2D eigenvalue weighted by molar-refractivity contribution is 0.324. The molecule has 0 unspecified atom stereocenters. The summed E-state index contributed by atoms with van der Waals surface area (Å²) in [5.74, 6) is 1.77. The molecule has 5 nitrogen and oxygen atoms in total. The average Bonchev–Trinajstić information content (AvgIpc) is 3.11. The van der Waals surface area contributed by atoms with Gasteiger partial charge in [0, 0.05) is 5.56 Å². The van der Waals surface area contributed by atoms with Crippen LogP contribution in [0.25, 0.3) is 22.5 Å². The van der Waals surface area contributed by atoms with E-state index in [1.807, 2.05) is 48.5 Å². The van der Waals surface area contributed by atoms with Gasteiger partial charge >= 0.3 is 0 Å². The molecule has 0 atom stereocenters. The van der Waals surface area contributed by atoms with E-state index in [0.717, 1.165) is 22.5 Å². The smallest absolute Gasteiger partial charge is 0.203 e. The fraction of sp³-hybridized carbons (Fsp3) is 0.167. The van der Waals surface area contributed by atoms with Gasteiger partial charge in [0.15, 0.2) is 11.5 Å². The summed E-state index contributed by atoms with van der Waals surface area (Å²) in [5, 5.41) is 7.45. The van der Waals surface area contributed by atoms with Crippen LogP contribution >= 0.6 is 0 Å². The van der Waals surface area contributed by atoms with E-state index >= 15 is 0 Å². The maximum atomic E-state index is 5.39. The number of H-pyrrole nitrogens is 1. The van der Waals surface area contributed by atoms with Gasteiger partial charge < -0.3 is 14.2 Å². The summed E-state index contributed by atoms with van der Waals surface area (Å²) in [7, 11) is 4.78. The second-order valence-electron chi connectivity index (χ2n) is 4.95. The quantitative estimate of drug-likeness (QED) is 0.779. The summed E-state index contributed by atoms with van der Waals surface area (Å²) in [6, 6.07) is 15.8. The number of nitrogens with one attached hydrogen (secondary N) is 1. The third-order valence-corrected chi connectivity index (χ3v) is 3.62. The number of aromatic nitrogens is 2. The lowest BCUT2D eigenvalue weighted by Gasteiger charge is -2.13. The lowest BCUT2D eigenvalue weighted by Crippen LogP contribution is -1.95. The summed E-state index contributed by atoms with van der Waals surface area (Å²) in [6.45, 7) is 0. The Balaban J connectivity index is 2.04. The molecule has 0 aliphatic heterocycles. The third kappa shape index (κ3) is 2.85. The monoisotopic (exact) mass is 310 g/mol. The second-order valence-corrected chi connectivity index (χ2v) is 4.95. The Morgan fingerprint density at radius 1 is 0.783 bits per heavy atom. The van der Waals surface area contributed by atoms with Gasteiger partial charge in [-0.05, 0) is 23.8 Å². The molecule has 0 radical (unpaired) electrons. The molecule has 0 spiro atoms. The maximum absolute atomic E-state index is 5.39. The molecule has 23 heavy (non-hydrogen) atoms. The number of nitrogens with zero attached hydrogens (tertiary/aromatic N) is 1. The van der Waals surface area contributed by atoms with Crippen LogP contribution in [0.1, 0.15) is 0 Å². The van der Waals surface area contributed by atoms with E-state index in [4.69, 9.17) is 14.2 Å². The van der Waals surface area contributed by atoms with Crippen LogP contribution in [0.3, 0.4) is 0 Å². The first-order valence-corrected chi connectivity index (χ1v) is 7.18. The van der Waals surface area contributed by atoms with Crippen molar-refractivity contribution in [3.8, 4) is 39.8 Å². The Kier molecular flexibility index (Phi) is 4.19. The first-order valence-electron chi connectivity index (χ1n) is 7.18. The van der Waals surface area contributed by atoms with E-state index in [0.29, 0.717) is 17.2 Å². The predicted molar refractivity (Wildman–Crippen MR) is 89.1 cm³/mol. The zero-order valence-electron chi connectivity index (χ0n) is 13.3. The highest BCUT2D eigenvalue weighted by Gasteiger charge is 2.15. The zero-order valence-corrected chi connectivity index (χ0v) is 13.3. The number of methoxy groups -OCH3 is 3. The Morgan fingerprint density at radius 3 is 2.00 bits per heavy atom. The van der Waals surface area contributed by atoms with Crippen molar-refractivity contribution in [2.24, 2.45) is 0 Å². The van der Waals surface area contributed by atoms with Gasteiger partial charge in [0.05, 0.1) is 32.7 Å². The molecule has 1 N–H and O–H groups in total. The second kappa shape index (κ2) is 6.44.